The topological polar surface area (TPSA) is 267 Å². The average molecular weight is 1450 g/mol. The van der Waals surface area contributed by atoms with E-state index >= 15 is 19.2 Å². The number of aliphatic hydroxyl groups excluding tert-OH is 2. The molecule has 23 nitrogen and oxygen atoms in total. The Morgan fingerprint density at radius 1 is 0.775 bits per heavy atom. The van der Waals surface area contributed by atoms with Crippen molar-refractivity contribution in [3.63, 3.8) is 0 Å². The number of nitrogens with zero attached hydrogens (tertiary/aromatic N) is 8. The molecule has 4 heterocycles. The molecule has 5 amide bonds. The molecule has 4 aromatic carbocycles. The largest absolute Gasteiger partial charge is 0.457 e. The van der Waals surface area contributed by atoms with Gasteiger partial charge in [-0.2, -0.15) is 13.2 Å². The van der Waals surface area contributed by atoms with E-state index in [-0.39, 0.29) is 94.3 Å². The minimum absolute atomic E-state index is 0.0175. The second-order valence-corrected chi connectivity index (χ2v) is 28.3. The zero-order valence-corrected chi connectivity index (χ0v) is 59.9. The van der Waals surface area contributed by atoms with E-state index in [0.29, 0.717) is 66.3 Å². The van der Waals surface area contributed by atoms with Crippen molar-refractivity contribution in [2.24, 2.45) is 13.0 Å². The molecule has 550 valence electrons. The number of amides is 5. The number of likely N-dealkylation sites (N-methyl/N-ethyl adjacent to an activating group) is 2. The third-order valence-electron chi connectivity index (χ3n) is 19.8. The van der Waals surface area contributed by atoms with Crippen molar-refractivity contribution in [3.8, 4) is 22.8 Å². The maximum atomic E-state index is 16.2. The Balaban J connectivity index is 0.967. The molecule has 0 spiro atoms. The van der Waals surface area contributed by atoms with Crippen LogP contribution < -0.4 is 26.0 Å². The van der Waals surface area contributed by atoms with Gasteiger partial charge in [0.2, 0.25) is 29.5 Å². The van der Waals surface area contributed by atoms with Gasteiger partial charge >= 0.3 is 6.18 Å². The van der Waals surface area contributed by atoms with Gasteiger partial charge in [0.1, 0.15) is 53.5 Å². The molecule has 4 aliphatic rings. The summed E-state index contributed by atoms with van der Waals surface area (Å²) in [5, 5.41) is 35.8. The van der Waals surface area contributed by atoms with E-state index in [1.54, 1.807) is 49.3 Å². The predicted molar refractivity (Wildman–Crippen MR) is 378 cm³/mol. The first kappa shape index (κ1) is 76.8. The van der Waals surface area contributed by atoms with Gasteiger partial charge in [-0.3, -0.25) is 29.0 Å². The van der Waals surface area contributed by atoms with Crippen molar-refractivity contribution in [2.45, 2.75) is 169 Å². The first-order valence-corrected chi connectivity index (χ1v) is 35.6. The summed E-state index contributed by atoms with van der Waals surface area (Å²) in [5.74, 6) is -2.03. The lowest BCUT2D eigenvalue weighted by molar-refractivity contribution is -0.166. The summed E-state index contributed by atoms with van der Waals surface area (Å²) in [7, 11) is 10.6. The lowest BCUT2D eigenvalue weighted by Crippen LogP contribution is -2.59. The number of hydrogen-bond acceptors (Lipinski definition) is 17. The van der Waals surface area contributed by atoms with Crippen LogP contribution >= 0.6 is 23.2 Å². The van der Waals surface area contributed by atoms with Crippen molar-refractivity contribution in [3.05, 3.63) is 154 Å². The molecule has 10 rings (SSSR count). The maximum absolute atomic E-state index is 16.2. The van der Waals surface area contributed by atoms with Crippen LogP contribution in [0.25, 0.3) is 11.3 Å². The number of carbonyl (C=O) groups excluding carboxylic acids is 5. The Labute approximate surface area is 603 Å². The molecule has 2 aliphatic heterocycles. The van der Waals surface area contributed by atoms with E-state index in [0.717, 1.165) is 53.7 Å². The van der Waals surface area contributed by atoms with E-state index in [9.17, 15) is 28.2 Å². The van der Waals surface area contributed by atoms with Gasteiger partial charge in [0.25, 0.3) is 0 Å². The summed E-state index contributed by atoms with van der Waals surface area (Å²) in [6, 6.07) is 23.5. The predicted octanol–water partition coefficient (Wildman–Crippen LogP) is 8.40. The third-order valence-corrected chi connectivity index (χ3v) is 20.3. The second-order valence-electron chi connectivity index (χ2n) is 27.4. The molecule has 102 heavy (non-hydrogen) atoms. The van der Waals surface area contributed by atoms with Crippen LogP contribution in [0.15, 0.2) is 116 Å². The highest BCUT2D eigenvalue weighted by Gasteiger charge is 2.43. The van der Waals surface area contributed by atoms with Crippen LogP contribution in [0.1, 0.15) is 98.8 Å². The molecule has 2 saturated carbocycles. The standard InChI is InChI=1S/C74H93Cl2F3N12O11/c1-87(2)41-66-82-37-60(89(66)4)47-24-29-53(30-25-47)102-62-35-51(76)28-23-48(62)40-91-59(19-13-31-81-55-17-12-20-61(55)101-44-63-70(95)69(94)56(43-100-63)83-65-39-80-38-64(86-65)74(77,78)79)71(96)85-57(42-99-6)73(98)88(3)52(33-46-21-26-50(75)27-22-46)36-67(92)84-54-16-10-11-18-58(54)90(5)72(97)49(34-68(91)93)32-45-14-8-7-9-15-45/h7-9,14-15,21-30,35,37-39,49,52,54-59,61,63,69-70,81,94-95H,10-13,16-20,31-34,36,40-44H2,1-6H3,(H,83,86)(H,84,92)(H,85,96)/t49-,52+,54+,55?,56+,57+,58+,59+,61?,63-,69-,70+/m1/s1. The molecule has 4 fully saturated rings. The maximum Gasteiger partial charge on any atom is 0.434 e. The Morgan fingerprint density at radius 2 is 1.51 bits per heavy atom. The Kier molecular flexibility index (Phi) is 26.8. The average Bonchev–Trinajstić information content (AvgIpc) is 1.70. The number of methoxy groups -OCH3 is 1. The molecule has 2 unspecified atom stereocenters. The van der Waals surface area contributed by atoms with E-state index in [2.05, 4.69) is 36.2 Å². The molecule has 2 saturated heterocycles. The van der Waals surface area contributed by atoms with Crippen molar-refractivity contribution >= 4 is 58.6 Å². The SMILES string of the molecule is COC[C@@H]1NC(=O)[C@H](CCCNC2CCCC2OC[C@H]2OC[C@H](Nc3cncc(C(F)(F)F)n3)[C@@H](O)[C@H]2O)N(Cc2ccc(Cl)cc2Oc2ccc(-c3cnc(CN(C)C)n3C)cc2)C(=O)C[C@@H](Cc2ccccc2)C(=O)N(C)[C@H]2CCCC[C@@H]2NC(=O)C[C@H](Cc2ccc(Cl)cc2)N(C)C1=O. The summed E-state index contributed by atoms with van der Waals surface area (Å²) in [6.07, 6.45) is -0.568. The molecule has 12 atom stereocenters. The highest BCUT2D eigenvalue weighted by molar-refractivity contribution is 6.31. The number of fused-ring (bicyclic) bond motifs is 1. The fourth-order valence-corrected chi connectivity index (χ4v) is 14.5. The molecule has 2 aromatic heterocycles. The molecule has 2 aliphatic carbocycles. The molecule has 6 N–H and O–H groups in total. The smallest absolute Gasteiger partial charge is 0.434 e. The molecular formula is C74H93Cl2F3N12O11. The van der Waals surface area contributed by atoms with Gasteiger partial charge in [-0.25, -0.2) is 9.97 Å². The minimum atomic E-state index is -4.75. The van der Waals surface area contributed by atoms with Crippen LogP contribution in [0.5, 0.6) is 11.5 Å². The van der Waals surface area contributed by atoms with E-state index in [4.69, 9.17) is 42.1 Å². The summed E-state index contributed by atoms with van der Waals surface area (Å²) in [5.41, 5.74) is 2.63. The number of aliphatic hydroxyl groups is 2. The zero-order chi connectivity index (χ0) is 72.8. The number of carbonyl (C=O) groups is 5. The summed E-state index contributed by atoms with van der Waals surface area (Å²) in [6.45, 7) is 0.0940. The van der Waals surface area contributed by atoms with Crippen LogP contribution in [0.4, 0.5) is 19.0 Å². The molecular weight excluding hydrogens is 1360 g/mol. The minimum Gasteiger partial charge on any atom is -0.457 e. The van der Waals surface area contributed by atoms with E-state index in [1.165, 1.54) is 16.9 Å². The van der Waals surface area contributed by atoms with Crippen molar-refractivity contribution < 1.29 is 66.3 Å². The lowest BCUT2D eigenvalue weighted by atomic mass is 9.87. The van der Waals surface area contributed by atoms with Crippen molar-refractivity contribution in [1.29, 1.82) is 0 Å². The van der Waals surface area contributed by atoms with Crippen LogP contribution in [0.2, 0.25) is 10.0 Å². The number of ether oxygens (including phenoxy) is 4. The van der Waals surface area contributed by atoms with Gasteiger partial charge in [-0.15, -0.1) is 0 Å². The highest BCUT2D eigenvalue weighted by Crippen LogP contribution is 2.35. The van der Waals surface area contributed by atoms with Gasteiger partial charge in [-0.05, 0) is 138 Å². The molecule has 28 heteroatoms. The van der Waals surface area contributed by atoms with Gasteiger partial charge in [0.15, 0.2) is 5.69 Å². The number of alkyl halides is 3. The fourth-order valence-electron chi connectivity index (χ4n) is 14.2. The van der Waals surface area contributed by atoms with Gasteiger partial charge in [0, 0.05) is 80.4 Å². The number of halogens is 5. The number of aromatic nitrogens is 4. The van der Waals surface area contributed by atoms with E-state index < -0.39 is 96.2 Å². The first-order chi connectivity index (χ1) is 48.9. The van der Waals surface area contributed by atoms with Crippen LogP contribution in [-0.2, 0) is 77.3 Å². The van der Waals surface area contributed by atoms with Crippen LogP contribution in [0, 0.1) is 5.92 Å². The monoisotopic (exact) mass is 1450 g/mol. The summed E-state index contributed by atoms with van der Waals surface area (Å²) in [4.78, 5) is 96.0. The van der Waals surface area contributed by atoms with Crippen molar-refractivity contribution in [2.75, 3.05) is 67.0 Å². The Hall–Kier alpha value is -7.79. The Bertz CT molecular complexity index is 3790. The fraction of sp³-hybridized carbons (Fsp3) is 0.514. The summed E-state index contributed by atoms with van der Waals surface area (Å²) >= 11 is 13.2. The van der Waals surface area contributed by atoms with Gasteiger partial charge in [0.05, 0.1) is 81.3 Å². The number of hydrogen-bond donors (Lipinski definition) is 6. The number of nitrogens with one attached hydrogen (secondary N) is 4. The first-order valence-electron chi connectivity index (χ1n) is 34.8. The van der Waals surface area contributed by atoms with Gasteiger partial charge < -0.3 is 74.6 Å². The molecule has 0 bridgehead atoms. The highest BCUT2D eigenvalue weighted by atomic mass is 35.5. The Morgan fingerprint density at radius 3 is 2.25 bits per heavy atom. The lowest BCUT2D eigenvalue weighted by Gasteiger charge is -2.40. The third kappa shape index (κ3) is 20.1. The van der Waals surface area contributed by atoms with Crippen LogP contribution in [0.3, 0.4) is 0 Å². The molecule has 0 radical (unpaired) electrons. The number of rotatable bonds is 23. The van der Waals surface area contributed by atoms with E-state index in [1.807, 2.05) is 104 Å². The molecule has 6 aromatic rings. The van der Waals surface area contributed by atoms with Gasteiger partial charge in [-0.1, -0.05) is 84.6 Å². The quantitative estimate of drug-likeness (QED) is 0.0329. The summed E-state index contributed by atoms with van der Waals surface area (Å²) < 4.78 is 67.0. The zero-order valence-electron chi connectivity index (χ0n) is 58.4. The van der Waals surface area contributed by atoms with Crippen LogP contribution in [-0.4, -0.2) is 207 Å². The second kappa shape index (κ2) is 35.6. The number of imidazole rings is 1. The van der Waals surface area contributed by atoms with Crippen molar-refractivity contribution in [1.82, 2.24) is 55.1 Å². The normalized spacial score (nSPS) is 25.2. The number of anilines is 1. The number of benzene rings is 4.